The van der Waals surface area contributed by atoms with Crippen molar-refractivity contribution in [2.75, 3.05) is 6.61 Å². The fourth-order valence-electron chi connectivity index (χ4n) is 2.97. The highest BCUT2D eigenvalue weighted by Gasteiger charge is 2.45. The van der Waals surface area contributed by atoms with Gasteiger partial charge in [-0.05, 0) is 33.1 Å². The number of carbonyl (C=O) groups excluding carboxylic acids is 2. The Labute approximate surface area is 114 Å². The zero-order valence-electron chi connectivity index (χ0n) is 12.0. The van der Waals surface area contributed by atoms with Gasteiger partial charge in [0.15, 0.2) is 0 Å². The Hall–Kier alpha value is -1.10. The van der Waals surface area contributed by atoms with Crippen molar-refractivity contribution in [2.24, 2.45) is 0 Å². The molecule has 1 aliphatic carbocycles. The third-order valence-corrected chi connectivity index (χ3v) is 4.11. The van der Waals surface area contributed by atoms with E-state index >= 15 is 0 Å². The lowest BCUT2D eigenvalue weighted by atomic mass is 9.85. The molecule has 0 spiro atoms. The van der Waals surface area contributed by atoms with Crippen molar-refractivity contribution in [3.63, 3.8) is 0 Å². The summed E-state index contributed by atoms with van der Waals surface area (Å²) in [5, 5.41) is 2.82. The minimum atomic E-state index is -0.354. The van der Waals surface area contributed by atoms with Gasteiger partial charge in [0, 0.05) is 12.6 Å². The van der Waals surface area contributed by atoms with Crippen LogP contribution >= 0.6 is 0 Å². The van der Waals surface area contributed by atoms with Gasteiger partial charge in [-0.25, -0.2) is 0 Å². The van der Waals surface area contributed by atoms with E-state index in [0.29, 0.717) is 6.61 Å². The first-order chi connectivity index (χ1) is 9.08. The minimum absolute atomic E-state index is 0.0297. The van der Waals surface area contributed by atoms with Crippen molar-refractivity contribution >= 4 is 11.8 Å². The summed E-state index contributed by atoms with van der Waals surface area (Å²) in [5.74, 6) is 0.0480. The van der Waals surface area contributed by atoms with Gasteiger partial charge >= 0.3 is 0 Å². The summed E-state index contributed by atoms with van der Waals surface area (Å²) in [6.45, 7) is 6.52. The van der Waals surface area contributed by atoms with Gasteiger partial charge in [-0.15, -0.1) is 0 Å². The summed E-state index contributed by atoms with van der Waals surface area (Å²) in [4.78, 5) is 26.2. The average molecular weight is 268 g/mol. The number of nitrogens with zero attached hydrogens (tertiary/aromatic N) is 1. The quantitative estimate of drug-likeness (QED) is 0.811. The molecular weight excluding hydrogens is 244 g/mol. The zero-order valence-corrected chi connectivity index (χ0v) is 12.0. The van der Waals surface area contributed by atoms with Crippen LogP contribution in [-0.4, -0.2) is 47.6 Å². The van der Waals surface area contributed by atoms with E-state index in [0.717, 1.165) is 25.7 Å². The molecule has 0 radical (unpaired) electrons. The molecule has 0 aromatic heterocycles. The third kappa shape index (κ3) is 2.76. The molecular formula is C14H24N2O3. The number of amides is 2. The molecule has 2 atom stereocenters. The van der Waals surface area contributed by atoms with Gasteiger partial charge in [0.05, 0.1) is 6.10 Å². The molecule has 2 amide bonds. The summed E-state index contributed by atoms with van der Waals surface area (Å²) in [6, 6.07) is -0.516. The van der Waals surface area contributed by atoms with Gasteiger partial charge in [0.25, 0.3) is 0 Å². The molecule has 2 fully saturated rings. The second kappa shape index (κ2) is 5.90. The first kappa shape index (κ1) is 14.3. The maximum atomic E-state index is 12.4. The largest absolute Gasteiger partial charge is 0.378 e. The Morgan fingerprint density at radius 1 is 1.32 bits per heavy atom. The lowest BCUT2D eigenvalue weighted by molar-refractivity contribution is -0.158. The number of nitrogens with one attached hydrogen (secondary N) is 1. The van der Waals surface area contributed by atoms with E-state index in [1.165, 1.54) is 0 Å². The van der Waals surface area contributed by atoms with Crippen LogP contribution in [0.25, 0.3) is 0 Å². The first-order valence-corrected chi connectivity index (χ1v) is 7.32. The molecule has 19 heavy (non-hydrogen) atoms. The van der Waals surface area contributed by atoms with Crippen LogP contribution in [0.15, 0.2) is 0 Å². The lowest BCUT2D eigenvalue weighted by Crippen LogP contribution is -2.67. The van der Waals surface area contributed by atoms with Crippen molar-refractivity contribution in [1.82, 2.24) is 10.2 Å². The summed E-state index contributed by atoms with van der Waals surface area (Å²) in [5.41, 5.74) is 0. The van der Waals surface area contributed by atoms with E-state index in [1.807, 2.05) is 20.8 Å². The number of hydrogen-bond acceptors (Lipinski definition) is 3. The van der Waals surface area contributed by atoms with Crippen LogP contribution < -0.4 is 5.32 Å². The molecule has 2 rings (SSSR count). The van der Waals surface area contributed by atoms with Crippen molar-refractivity contribution in [1.29, 1.82) is 0 Å². The molecule has 5 heteroatoms. The molecule has 1 heterocycles. The van der Waals surface area contributed by atoms with E-state index in [4.69, 9.17) is 4.74 Å². The van der Waals surface area contributed by atoms with Crippen molar-refractivity contribution < 1.29 is 14.3 Å². The van der Waals surface area contributed by atoms with Crippen LogP contribution in [-0.2, 0) is 14.3 Å². The molecule has 0 aromatic carbocycles. The van der Waals surface area contributed by atoms with Crippen molar-refractivity contribution in [3.8, 4) is 0 Å². The summed E-state index contributed by atoms with van der Waals surface area (Å²) in [6.07, 6.45) is 3.58. The Morgan fingerprint density at radius 2 is 2.00 bits per heavy atom. The van der Waals surface area contributed by atoms with E-state index in [9.17, 15) is 9.59 Å². The second-order valence-corrected chi connectivity index (χ2v) is 5.47. The van der Waals surface area contributed by atoms with Gasteiger partial charge in [-0.3, -0.25) is 9.59 Å². The fraction of sp³-hybridized carbons (Fsp3) is 0.857. The Balaban J connectivity index is 2.01. The summed E-state index contributed by atoms with van der Waals surface area (Å²) < 4.78 is 5.53. The number of piperazine rings is 1. The van der Waals surface area contributed by atoms with Gasteiger partial charge in [-0.1, -0.05) is 13.3 Å². The van der Waals surface area contributed by atoms with E-state index in [1.54, 1.807) is 4.90 Å². The molecule has 2 aliphatic rings. The molecule has 1 saturated carbocycles. The summed E-state index contributed by atoms with van der Waals surface area (Å²) >= 11 is 0. The Kier molecular flexibility index (Phi) is 4.45. The Morgan fingerprint density at radius 3 is 2.58 bits per heavy atom. The minimum Gasteiger partial charge on any atom is -0.378 e. The molecule has 108 valence electrons. The van der Waals surface area contributed by atoms with Crippen molar-refractivity contribution in [2.45, 2.75) is 70.7 Å². The number of rotatable bonds is 5. The normalized spacial score (nSPS) is 35.0. The standard InChI is InChI=1S/C14H24N2O3/c1-4-6-12-14(18)16(9(3)13(17)15-12)10-7-11(8-10)19-5-2/h9-12H,4-8H2,1-3H3,(H,15,17). The molecule has 1 N–H and O–H groups in total. The van der Waals surface area contributed by atoms with Gasteiger partial charge in [-0.2, -0.15) is 0 Å². The average Bonchev–Trinajstić information content (AvgIpc) is 2.33. The number of hydrogen-bond donors (Lipinski definition) is 1. The maximum Gasteiger partial charge on any atom is 0.246 e. The molecule has 1 saturated heterocycles. The monoisotopic (exact) mass is 268 g/mol. The van der Waals surface area contributed by atoms with E-state index in [-0.39, 0.29) is 36.0 Å². The SMILES string of the molecule is CCCC1NC(=O)C(C)N(C2CC(OCC)C2)C1=O. The number of carbonyl (C=O) groups is 2. The van der Waals surface area contributed by atoms with Gasteiger partial charge < -0.3 is 15.0 Å². The highest BCUT2D eigenvalue weighted by Crippen LogP contribution is 2.31. The van der Waals surface area contributed by atoms with Crippen LogP contribution in [0.2, 0.25) is 0 Å². The third-order valence-electron chi connectivity index (χ3n) is 4.11. The Bertz CT molecular complexity index is 353. The number of ether oxygens (including phenoxy) is 1. The predicted molar refractivity (Wildman–Crippen MR) is 71.6 cm³/mol. The van der Waals surface area contributed by atoms with Crippen LogP contribution in [0.1, 0.15) is 46.5 Å². The zero-order chi connectivity index (χ0) is 14.0. The molecule has 0 bridgehead atoms. The fourth-order valence-corrected chi connectivity index (χ4v) is 2.97. The molecule has 0 aromatic rings. The summed E-state index contributed by atoms with van der Waals surface area (Å²) in [7, 11) is 0. The van der Waals surface area contributed by atoms with Gasteiger partial charge in [0.2, 0.25) is 11.8 Å². The first-order valence-electron chi connectivity index (χ1n) is 7.32. The van der Waals surface area contributed by atoms with Crippen LogP contribution in [0, 0.1) is 0 Å². The predicted octanol–water partition coefficient (Wildman–Crippen LogP) is 1.07. The van der Waals surface area contributed by atoms with Gasteiger partial charge in [0.1, 0.15) is 12.1 Å². The lowest BCUT2D eigenvalue weighted by Gasteiger charge is -2.48. The van der Waals surface area contributed by atoms with Crippen LogP contribution in [0.3, 0.4) is 0 Å². The van der Waals surface area contributed by atoms with Crippen molar-refractivity contribution in [3.05, 3.63) is 0 Å². The van der Waals surface area contributed by atoms with Crippen LogP contribution in [0.5, 0.6) is 0 Å². The smallest absolute Gasteiger partial charge is 0.246 e. The topological polar surface area (TPSA) is 58.6 Å². The second-order valence-electron chi connectivity index (χ2n) is 5.47. The molecule has 2 unspecified atom stereocenters. The molecule has 5 nitrogen and oxygen atoms in total. The van der Waals surface area contributed by atoms with E-state index < -0.39 is 0 Å². The maximum absolute atomic E-state index is 12.4. The highest BCUT2D eigenvalue weighted by atomic mass is 16.5. The highest BCUT2D eigenvalue weighted by molar-refractivity contribution is 5.97. The van der Waals surface area contributed by atoms with E-state index in [2.05, 4.69) is 5.32 Å². The van der Waals surface area contributed by atoms with Crippen LogP contribution in [0.4, 0.5) is 0 Å². The molecule has 1 aliphatic heterocycles.